The number of amides is 1. The fourth-order valence-corrected chi connectivity index (χ4v) is 5.66. The SMILES string of the molecule is CCCS(=O)(=O)Oc1ccc(-c2c(C)c(C(=O)NN3CCCCC3)nn2-c2ccc(Cl)cc2Cl)cc1.CS(=O)(=O)O. The van der Waals surface area contributed by atoms with E-state index in [4.69, 9.17) is 31.9 Å². The Kier molecular flexibility index (Phi) is 11.2. The van der Waals surface area contributed by atoms with Gasteiger partial charge in [-0.15, -0.1) is 0 Å². The molecule has 2 heterocycles. The van der Waals surface area contributed by atoms with Crippen molar-refractivity contribution in [2.24, 2.45) is 0 Å². The zero-order valence-electron chi connectivity index (χ0n) is 22.8. The first-order chi connectivity index (χ1) is 19.2. The number of nitrogens with zero attached hydrogens (tertiary/aromatic N) is 3. The van der Waals surface area contributed by atoms with Crippen molar-refractivity contribution in [3.63, 3.8) is 0 Å². The average Bonchev–Trinajstić information content (AvgIpc) is 3.20. The highest BCUT2D eigenvalue weighted by Crippen LogP contribution is 2.33. The van der Waals surface area contributed by atoms with Crippen LogP contribution in [0.3, 0.4) is 0 Å². The van der Waals surface area contributed by atoms with Crippen molar-refractivity contribution in [3.05, 3.63) is 63.8 Å². The second-order valence-electron chi connectivity index (χ2n) is 9.42. The maximum atomic E-state index is 13.2. The smallest absolute Gasteiger partial charge is 0.309 e. The van der Waals surface area contributed by atoms with Crippen molar-refractivity contribution in [2.75, 3.05) is 25.1 Å². The van der Waals surface area contributed by atoms with E-state index in [2.05, 4.69) is 10.5 Å². The maximum absolute atomic E-state index is 13.2. The molecule has 0 bridgehead atoms. The van der Waals surface area contributed by atoms with E-state index in [0.29, 0.717) is 45.2 Å². The van der Waals surface area contributed by atoms with E-state index in [1.165, 1.54) is 0 Å². The number of benzene rings is 2. The zero-order valence-corrected chi connectivity index (χ0v) is 25.9. The first-order valence-corrected chi connectivity index (χ1v) is 16.9. The summed E-state index contributed by atoms with van der Waals surface area (Å²) in [5.74, 6) is -0.154. The van der Waals surface area contributed by atoms with Crippen LogP contribution in [0.15, 0.2) is 42.5 Å². The van der Waals surface area contributed by atoms with Gasteiger partial charge in [0.25, 0.3) is 16.0 Å². The van der Waals surface area contributed by atoms with Crippen LogP contribution in [-0.4, -0.2) is 67.2 Å². The quantitative estimate of drug-likeness (QED) is 0.257. The van der Waals surface area contributed by atoms with Crippen LogP contribution in [0.1, 0.15) is 48.7 Å². The molecular weight excluding hydrogens is 615 g/mol. The Morgan fingerprint density at radius 3 is 2.22 bits per heavy atom. The van der Waals surface area contributed by atoms with Crippen molar-refractivity contribution in [3.8, 4) is 22.7 Å². The molecule has 1 aliphatic heterocycles. The van der Waals surface area contributed by atoms with Crippen LogP contribution < -0.4 is 9.61 Å². The number of piperidine rings is 1. The Morgan fingerprint density at radius 2 is 1.66 bits per heavy atom. The number of hydrogen-bond donors (Lipinski definition) is 2. The fraction of sp³-hybridized carbons (Fsp3) is 0.385. The molecular formula is C26H32Cl2N4O7S2. The van der Waals surface area contributed by atoms with E-state index in [0.717, 1.165) is 32.4 Å². The van der Waals surface area contributed by atoms with Crippen molar-refractivity contribution in [2.45, 2.75) is 39.5 Å². The van der Waals surface area contributed by atoms with Gasteiger partial charge in [0.15, 0.2) is 5.69 Å². The molecule has 224 valence electrons. The number of carbonyl (C=O) groups excluding carboxylic acids is 1. The molecule has 2 N–H and O–H groups in total. The molecule has 2 aromatic carbocycles. The topological polar surface area (TPSA) is 148 Å². The summed E-state index contributed by atoms with van der Waals surface area (Å²) < 4.78 is 56.8. The van der Waals surface area contributed by atoms with Crippen molar-refractivity contribution in [1.82, 2.24) is 20.2 Å². The highest BCUT2D eigenvalue weighted by atomic mass is 35.5. The summed E-state index contributed by atoms with van der Waals surface area (Å²) in [4.78, 5) is 13.2. The van der Waals surface area contributed by atoms with E-state index >= 15 is 0 Å². The number of halogens is 2. The van der Waals surface area contributed by atoms with Gasteiger partial charge >= 0.3 is 10.1 Å². The molecule has 4 rings (SSSR count). The molecule has 0 atom stereocenters. The van der Waals surface area contributed by atoms with Crippen LogP contribution in [0.25, 0.3) is 16.9 Å². The second-order valence-corrected chi connectivity index (χ2v) is 13.4. The van der Waals surface area contributed by atoms with Gasteiger partial charge in [0, 0.05) is 29.2 Å². The lowest BCUT2D eigenvalue weighted by Crippen LogP contribution is -2.45. The lowest BCUT2D eigenvalue weighted by atomic mass is 10.1. The molecule has 3 aromatic rings. The largest absolute Gasteiger partial charge is 0.382 e. The van der Waals surface area contributed by atoms with E-state index in [-0.39, 0.29) is 23.1 Å². The van der Waals surface area contributed by atoms with E-state index in [1.807, 2.05) is 11.9 Å². The Labute approximate surface area is 250 Å². The predicted molar refractivity (Wildman–Crippen MR) is 159 cm³/mol. The number of hydrazine groups is 1. The minimum Gasteiger partial charge on any atom is -0.382 e. The third-order valence-electron chi connectivity index (χ3n) is 5.90. The Balaban J connectivity index is 0.000000850. The van der Waals surface area contributed by atoms with Gasteiger partial charge in [0.2, 0.25) is 0 Å². The first-order valence-electron chi connectivity index (χ1n) is 12.7. The average molecular weight is 648 g/mol. The van der Waals surface area contributed by atoms with Gasteiger partial charge in [-0.1, -0.05) is 36.5 Å². The normalized spacial score (nSPS) is 14.2. The first kappa shape index (κ1) is 32.8. The molecule has 0 radical (unpaired) electrons. The molecule has 41 heavy (non-hydrogen) atoms. The molecule has 11 nitrogen and oxygen atoms in total. The highest BCUT2D eigenvalue weighted by molar-refractivity contribution is 7.87. The number of hydrogen-bond acceptors (Lipinski definition) is 8. The summed E-state index contributed by atoms with van der Waals surface area (Å²) in [6, 6.07) is 11.7. The van der Waals surface area contributed by atoms with Gasteiger partial charge in [0.1, 0.15) is 5.75 Å². The zero-order chi connectivity index (χ0) is 30.4. The Hall–Kier alpha value is -2.68. The molecule has 1 aromatic heterocycles. The van der Waals surface area contributed by atoms with Crippen LogP contribution in [0.5, 0.6) is 5.75 Å². The molecule has 0 spiro atoms. The van der Waals surface area contributed by atoms with Crippen molar-refractivity contribution >= 4 is 49.3 Å². The van der Waals surface area contributed by atoms with Gasteiger partial charge in [-0.05, 0) is 68.7 Å². The fourth-order valence-electron chi connectivity index (χ4n) is 4.19. The third kappa shape index (κ3) is 9.69. The van der Waals surface area contributed by atoms with Gasteiger partial charge in [-0.2, -0.15) is 21.9 Å². The van der Waals surface area contributed by atoms with Crippen LogP contribution >= 0.6 is 23.2 Å². The maximum Gasteiger partial charge on any atom is 0.309 e. The molecule has 0 unspecified atom stereocenters. The van der Waals surface area contributed by atoms with Gasteiger partial charge in [-0.3, -0.25) is 14.8 Å². The van der Waals surface area contributed by atoms with Gasteiger partial charge < -0.3 is 4.18 Å². The van der Waals surface area contributed by atoms with Gasteiger partial charge in [-0.25, -0.2) is 9.69 Å². The highest BCUT2D eigenvalue weighted by Gasteiger charge is 2.25. The third-order valence-corrected chi connectivity index (χ3v) is 7.79. The minimum absolute atomic E-state index is 0.0643. The molecule has 1 saturated heterocycles. The summed E-state index contributed by atoms with van der Waals surface area (Å²) in [6.07, 6.45) is 4.39. The van der Waals surface area contributed by atoms with Crippen molar-refractivity contribution < 1.29 is 30.4 Å². The summed E-state index contributed by atoms with van der Waals surface area (Å²) >= 11 is 12.6. The lowest BCUT2D eigenvalue weighted by Gasteiger charge is -2.26. The van der Waals surface area contributed by atoms with Crippen LogP contribution in [0.2, 0.25) is 10.0 Å². The molecule has 0 aliphatic carbocycles. The molecule has 1 amide bonds. The number of rotatable bonds is 8. The minimum atomic E-state index is -3.67. The molecule has 1 aliphatic rings. The van der Waals surface area contributed by atoms with E-state index in [9.17, 15) is 21.6 Å². The van der Waals surface area contributed by atoms with Crippen LogP contribution in [0, 0.1) is 6.92 Å². The Bertz CT molecular complexity index is 1580. The Morgan fingerprint density at radius 1 is 1.05 bits per heavy atom. The molecule has 1 fully saturated rings. The standard InChI is InChI=1S/C25H28Cl2N4O4S.CH4O3S/c1-3-15-36(33,34)35-20-10-7-18(8-11-20)24-17(2)23(25(32)29-30-13-5-4-6-14-30)28-31(24)22-12-9-19(26)16-21(22)27;1-5(2,3)4/h7-12,16H,3-6,13-15H2,1-2H3,(H,29,32);1H3,(H,2,3,4). The lowest BCUT2D eigenvalue weighted by molar-refractivity contribution is 0.0743. The molecule has 15 heteroatoms. The van der Waals surface area contributed by atoms with Crippen molar-refractivity contribution in [1.29, 1.82) is 0 Å². The van der Waals surface area contributed by atoms with E-state index in [1.54, 1.807) is 54.1 Å². The van der Waals surface area contributed by atoms with Gasteiger partial charge in [0.05, 0.1) is 28.4 Å². The molecule has 0 saturated carbocycles. The van der Waals surface area contributed by atoms with Crippen LogP contribution in [0.4, 0.5) is 0 Å². The summed E-state index contributed by atoms with van der Waals surface area (Å²) in [5, 5.41) is 7.41. The summed E-state index contributed by atoms with van der Waals surface area (Å²) in [7, 11) is -7.32. The van der Waals surface area contributed by atoms with Crippen LogP contribution in [-0.2, 0) is 20.2 Å². The summed E-state index contributed by atoms with van der Waals surface area (Å²) in [6.45, 7) is 5.19. The summed E-state index contributed by atoms with van der Waals surface area (Å²) in [5.41, 5.74) is 5.81. The predicted octanol–water partition coefficient (Wildman–Crippen LogP) is 4.91. The monoisotopic (exact) mass is 646 g/mol. The number of aromatic nitrogens is 2. The number of nitrogens with one attached hydrogen (secondary N) is 1. The van der Waals surface area contributed by atoms with E-state index < -0.39 is 20.2 Å². The number of carbonyl (C=O) groups is 1. The second kappa shape index (κ2) is 14.0.